The van der Waals surface area contributed by atoms with Gasteiger partial charge in [0.05, 0.1) is 90.9 Å². The van der Waals surface area contributed by atoms with Crippen LogP contribution in [0.2, 0.25) is 0 Å². The van der Waals surface area contributed by atoms with Gasteiger partial charge in [-0.25, -0.2) is 9.59 Å². The molecule has 0 amide bonds. The molecule has 0 radical (unpaired) electrons. The van der Waals surface area contributed by atoms with Crippen LogP contribution >= 0.6 is 0 Å². The lowest BCUT2D eigenvalue weighted by Gasteiger charge is -2.38. The van der Waals surface area contributed by atoms with Crippen molar-refractivity contribution in [2.24, 2.45) is 5.41 Å². The number of nitrogens with zero attached hydrogens (tertiary/aromatic N) is 2. The normalized spacial score (nSPS) is 16.0. The van der Waals surface area contributed by atoms with E-state index in [1.54, 1.807) is 0 Å². The van der Waals surface area contributed by atoms with E-state index in [0.717, 1.165) is 60.4 Å². The molecule has 0 aliphatic carbocycles. The number of rotatable bonds is 31. The molecule has 0 aliphatic heterocycles. The average Bonchev–Trinajstić information content (AvgIpc) is 3.08. The van der Waals surface area contributed by atoms with Crippen LogP contribution in [0.4, 0.5) is 0 Å². The van der Waals surface area contributed by atoms with Crippen LogP contribution in [0.25, 0.3) is 0 Å². The fraction of sp³-hybridized carbons (Fsp3) is 0.824. The van der Waals surface area contributed by atoms with Crippen molar-refractivity contribution in [3.05, 3.63) is 25.3 Å². The van der Waals surface area contributed by atoms with Crippen molar-refractivity contribution < 1.29 is 67.4 Å². The Balaban J connectivity index is 5.93. The largest absolute Gasteiger partial charge is 0.460 e. The Morgan fingerprint density at radius 3 is 1.29 bits per heavy atom. The van der Waals surface area contributed by atoms with Gasteiger partial charge in [0, 0.05) is 12.2 Å². The van der Waals surface area contributed by atoms with Gasteiger partial charge in [0.25, 0.3) is 0 Å². The molecular weight excluding hydrogens is 628 g/mol. The number of ether oxygens (including phenoxy) is 6. The standard InChI is InChI=1S/C34H66N2O12/c1-9-31(40)47-22-30(39)21-45-26-34(27-46-23-33(42)48-32(41)10-2,24-43-19-28(37)17-35(11-3,12-4)13-5)25-44-20-29(38)18-36(14-6,15-7)16-8/h9-10,28-30,33,37-39,42H,1-2,11-27H2,3-8H3/q+2. The number of hydrogen-bond acceptors (Lipinski definition) is 12. The molecule has 0 fully saturated rings. The minimum Gasteiger partial charge on any atom is -0.460 e. The molecule has 0 spiro atoms. The molecule has 0 saturated heterocycles. The first-order valence-electron chi connectivity index (χ1n) is 17.1. The number of likely N-dealkylation sites (N-methyl/N-ethyl adjacent to an activating group) is 2. The van der Waals surface area contributed by atoms with Crippen LogP contribution in [0.1, 0.15) is 41.5 Å². The smallest absolute Gasteiger partial charge is 0.332 e. The molecule has 0 rings (SSSR count). The van der Waals surface area contributed by atoms with Crippen molar-refractivity contribution in [3.63, 3.8) is 0 Å². The predicted molar refractivity (Wildman–Crippen MR) is 181 cm³/mol. The summed E-state index contributed by atoms with van der Waals surface area (Å²) < 4.78 is 34.9. The molecule has 0 aromatic carbocycles. The van der Waals surface area contributed by atoms with Gasteiger partial charge in [-0.2, -0.15) is 0 Å². The summed E-state index contributed by atoms with van der Waals surface area (Å²) in [6, 6.07) is 0. The highest BCUT2D eigenvalue weighted by molar-refractivity contribution is 5.81. The highest BCUT2D eigenvalue weighted by Gasteiger charge is 2.35. The minimum atomic E-state index is -1.56. The second-order valence-corrected chi connectivity index (χ2v) is 12.4. The Hall–Kier alpha value is -1.98. The van der Waals surface area contributed by atoms with Gasteiger partial charge >= 0.3 is 11.9 Å². The van der Waals surface area contributed by atoms with E-state index in [1.807, 2.05) is 0 Å². The monoisotopic (exact) mass is 694 g/mol. The molecule has 0 aromatic rings. The quantitative estimate of drug-likeness (QED) is 0.0347. The number of carbonyl (C=O) groups is 2. The molecular formula is C34H66N2O12+2. The minimum absolute atomic E-state index is 0.0203. The number of carbonyl (C=O) groups excluding carboxylic acids is 2. The van der Waals surface area contributed by atoms with Crippen LogP contribution in [-0.4, -0.2) is 178 Å². The molecule has 0 aromatic heterocycles. The average molecular weight is 695 g/mol. The highest BCUT2D eigenvalue weighted by Crippen LogP contribution is 2.22. The summed E-state index contributed by atoms with van der Waals surface area (Å²) in [6.45, 7) is 24.3. The van der Waals surface area contributed by atoms with Crippen molar-refractivity contribution in [2.45, 2.75) is 66.1 Å². The zero-order valence-corrected chi connectivity index (χ0v) is 30.3. The molecule has 0 aliphatic rings. The lowest BCUT2D eigenvalue weighted by Crippen LogP contribution is -2.53. The first kappa shape index (κ1) is 46.0. The van der Waals surface area contributed by atoms with E-state index in [0.29, 0.717) is 13.1 Å². The van der Waals surface area contributed by atoms with Gasteiger partial charge in [-0.15, -0.1) is 0 Å². The van der Waals surface area contributed by atoms with Crippen molar-refractivity contribution >= 4 is 11.9 Å². The van der Waals surface area contributed by atoms with E-state index in [-0.39, 0.29) is 59.5 Å². The highest BCUT2D eigenvalue weighted by atomic mass is 16.7. The Bertz CT molecular complexity index is 847. The van der Waals surface area contributed by atoms with E-state index in [1.165, 1.54) is 0 Å². The van der Waals surface area contributed by atoms with E-state index >= 15 is 0 Å². The molecule has 4 N–H and O–H groups in total. The molecule has 0 saturated carbocycles. The molecule has 14 heteroatoms. The topological polar surface area (TPSA) is 170 Å². The summed E-state index contributed by atoms with van der Waals surface area (Å²) in [5.41, 5.74) is -1.06. The van der Waals surface area contributed by atoms with E-state index in [2.05, 4.69) is 54.7 Å². The van der Waals surface area contributed by atoms with Crippen LogP contribution in [0.15, 0.2) is 25.3 Å². The van der Waals surface area contributed by atoms with E-state index in [4.69, 9.17) is 28.4 Å². The van der Waals surface area contributed by atoms with Crippen LogP contribution in [0.5, 0.6) is 0 Å². The molecule has 0 heterocycles. The van der Waals surface area contributed by atoms with Crippen LogP contribution in [-0.2, 0) is 38.0 Å². The summed E-state index contributed by atoms with van der Waals surface area (Å²) in [5.74, 6) is -1.50. The van der Waals surface area contributed by atoms with Crippen molar-refractivity contribution in [2.75, 3.05) is 112 Å². The van der Waals surface area contributed by atoms with Gasteiger partial charge in [0.2, 0.25) is 6.29 Å². The molecule has 282 valence electrons. The first-order chi connectivity index (χ1) is 22.8. The van der Waals surface area contributed by atoms with E-state index < -0.39 is 42.0 Å². The maximum atomic E-state index is 11.5. The van der Waals surface area contributed by atoms with Gasteiger partial charge in [-0.1, -0.05) is 13.2 Å². The van der Waals surface area contributed by atoms with Crippen LogP contribution < -0.4 is 0 Å². The fourth-order valence-electron chi connectivity index (χ4n) is 5.48. The Labute approximate surface area is 288 Å². The number of esters is 2. The Morgan fingerprint density at radius 2 is 0.938 bits per heavy atom. The second kappa shape index (κ2) is 25.0. The van der Waals surface area contributed by atoms with Gasteiger partial charge in [-0.3, -0.25) is 0 Å². The SMILES string of the molecule is C=CC(=O)OCC(O)COCC(COCC(O)C[N+](CC)(CC)CC)(COCC(O)C[N+](CC)(CC)CC)COCC(O)OC(=O)C=C. The lowest BCUT2D eigenvalue weighted by atomic mass is 9.92. The summed E-state index contributed by atoms with van der Waals surface area (Å²) >= 11 is 0. The third-order valence-corrected chi connectivity index (χ3v) is 9.05. The predicted octanol–water partition coefficient (Wildman–Crippen LogP) is 0.652. The van der Waals surface area contributed by atoms with Gasteiger partial charge < -0.3 is 57.8 Å². The summed E-state index contributed by atoms with van der Waals surface area (Å²) in [7, 11) is 0. The third kappa shape index (κ3) is 18.1. The van der Waals surface area contributed by atoms with Crippen molar-refractivity contribution in [1.82, 2.24) is 0 Å². The third-order valence-electron chi connectivity index (χ3n) is 9.05. The Morgan fingerprint density at radius 1 is 0.583 bits per heavy atom. The number of quaternary nitrogens is 2. The number of aliphatic hydroxyl groups is 4. The summed E-state index contributed by atoms with van der Waals surface area (Å²) in [5, 5.41) is 42.2. The lowest BCUT2D eigenvalue weighted by molar-refractivity contribution is -0.926. The molecule has 48 heavy (non-hydrogen) atoms. The maximum Gasteiger partial charge on any atom is 0.332 e. The second-order valence-electron chi connectivity index (χ2n) is 12.4. The maximum absolute atomic E-state index is 11.5. The number of hydrogen-bond donors (Lipinski definition) is 4. The fourth-order valence-corrected chi connectivity index (χ4v) is 5.48. The zero-order valence-electron chi connectivity index (χ0n) is 30.3. The summed E-state index contributed by atoms with van der Waals surface area (Å²) in [4.78, 5) is 22.9. The van der Waals surface area contributed by atoms with Crippen LogP contribution in [0, 0.1) is 5.41 Å². The van der Waals surface area contributed by atoms with Crippen molar-refractivity contribution in [3.8, 4) is 0 Å². The zero-order chi connectivity index (χ0) is 36.6. The first-order valence-corrected chi connectivity index (χ1v) is 17.1. The van der Waals surface area contributed by atoms with Crippen molar-refractivity contribution in [1.29, 1.82) is 0 Å². The molecule has 4 atom stereocenters. The molecule has 14 nitrogen and oxygen atoms in total. The van der Waals surface area contributed by atoms with E-state index in [9.17, 15) is 30.0 Å². The van der Waals surface area contributed by atoms with Crippen LogP contribution in [0.3, 0.4) is 0 Å². The molecule has 0 bridgehead atoms. The number of aliphatic hydroxyl groups excluding tert-OH is 4. The van der Waals surface area contributed by atoms with Gasteiger partial charge in [-0.05, 0) is 41.5 Å². The molecule has 4 unspecified atom stereocenters. The van der Waals surface area contributed by atoms with Gasteiger partial charge in [0.15, 0.2) is 0 Å². The van der Waals surface area contributed by atoms with Gasteiger partial charge in [0.1, 0.15) is 44.6 Å². The Kier molecular flexibility index (Phi) is 24.0. The summed E-state index contributed by atoms with van der Waals surface area (Å²) in [6.07, 6.45) is -2.29.